The van der Waals surface area contributed by atoms with E-state index in [9.17, 15) is 4.39 Å². The van der Waals surface area contributed by atoms with Crippen molar-refractivity contribution < 1.29 is 9.13 Å². The first-order chi connectivity index (χ1) is 9.63. The third-order valence-corrected chi connectivity index (χ3v) is 4.93. The van der Waals surface area contributed by atoms with Crippen LogP contribution in [-0.4, -0.2) is 12.2 Å². The minimum absolute atomic E-state index is 0.0539. The van der Waals surface area contributed by atoms with E-state index in [0.717, 1.165) is 37.9 Å². The van der Waals surface area contributed by atoms with Crippen LogP contribution in [0.5, 0.6) is 0 Å². The van der Waals surface area contributed by atoms with Gasteiger partial charge in [0.25, 0.3) is 0 Å². The lowest BCUT2D eigenvalue weighted by Crippen LogP contribution is -2.48. The number of hydrogen-bond donors (Lipinski definition) is 2. The molecule has 20 heavy (non-hydrogen) atoms. The molecule has 2 unspecified atom stereocenters. The molecule has 0 bridgehead atoms. The number of ether oxygens (including phenoxy) is 1. The number of nitrogens with one attached hydrogen (secondary N) is 1. The number of hydrazine groups is 1. The summed E-state index contributed by atoms with van der Waals surface area (Å²) in [6.45, 7) is 2.74. The van der Waals surface area contributed by atoms with Crippen molar-refractivity contribution in [1.82, 2.24) is 5.43 Å². The van der Waals surface area contributed by atoms with Crippen LogP contribution in [0.25, 0.3) is 0 Å². The fraction of sp³-hybridized carbons (Fsp3) is 0.625. The zero-order valence-corrected chi connectivity index (χ0v) is 12.0. The number of halogens is 1. The lowest BCUT2D eigenvalue weighted by molar-refractivity contribution is -0.147. The first-order valence-electron chi connectivity index (χ1n) is 7.50. The van der Waals surface area contributed by atoms with Crippen molar-refractivity contribution in [2.75, 3.05) is 6.61 Å². The highest BCUT2D eigenvalue weighted by atomic mass is 19.1. The van der Waals surface area contributed by atoms with E-state index in [-0.39, 0.29) is 17.5 Å². The van der Waals surface area contributed by atoms with Crippen LogP contribution in [-0.2, 0) is 4.74 Å². The number of rotatable bonds is 3. The molecule has 1 aromatic carbocycles. The van der Waals surface area contributed by atoms with Gasteiger partial charge in [0.1, 0.15) is 5.82 Å². The van der Waals surface area contributed by atoms with E-state index in [4.69, 9.17) is 10.6 Å². The van der Waals surface area contributed by atoms with Gasteiger partial charge in [0.05, 0.1) is 11.6 Å². The highest BCUT2D eigenvalue weighted by Gasteiger charge is 2.44. The molecule has 1 aromatic rings. The van der Waals surface area contributed by atoms with Gasteiger partial charge in [0.15, 0.2) is 0 Å². The van der Waals surface area contributed by atoms with Gasteiger partial charge in [0.2, 0.25) is 0 Å². The Morgan fingerprint density at radius 1 is 1.45 bits per heavy atom. The second-order valence-corrected chi connectivity index (χ2v) is 6.31. The van der Waals surface area contributed by atoms with E-state index < -0.39 is 0 Å². The Morgan fingerprint density at radius 2 is 2.25 bits per heavy atom. The second kappa shape index (κ2) is 5.43. The molecule has 2 aliphatic rings. The Bertz CT molecular complexity index is 487. The zero-order valence-electron chi connectivity index (χ0n) is 12.0. The second-order valence-electron chi connectivity index (χ2n) is 6.31. The van der Waals surface area contributed by atoms with E-state index in [2.05, 4.69) is 5.43 Å². The Labute approximate surface area is 119 Å². The summed E-state index contributed by atoms with van der Waals surface area (Å²) in [4.78, 5) is 0. The van der Waals surface area contributed by atoms with Crippen LogP contribution < -0.4 is 11.3 Å². The van der Waals surface area contributed by atoms with Gasteiger partial charge in [-0.15, -0.1) is 0 Å². The smallest absolute Gasteiger partial charge is 0.128 e. The van der Waals surface area contributed by atoms with Crippen LogP contribution in [0.3, 0.4) is 0 Å². The standard InChI is InChI=1S/C16H23FN2O/c1-11-3-4-14(17)13(9-11)15(19-18)12-5-8-20-16(10-12)6-2-7-16/h3-4,9,12,15,19H,2,5-8,10,18H2,1H3. The molecule has 4 heteroatoms. The third-order valence-electron chi connectivity index (χ3n) is 4.93. The van der Waals surface area contributed by atoms with Gasteiger partial charge in [-0.2, -0.15) is 0 Å². The number of nitrogens with two attached hydrogens (primary N) is 1. The summed E-state index contributed by atoms with van der Waals surface area (Å²) in [5.41, 5.74) is 4.65. The van der Waals surface area contributed by atoms with E-state index in [0.29, 0.717) is 11.5 Å². The molecule has 3 rings (SSSR count). The van der Waals surface area contributed by atoms with E-state index in [1.807, 2.05) is 13.0 Å². The van der Waals surface area contributed by atoms with Crippen LogP contribution >= 0.6 is 0 Å². The number of hydrogen-bond acceptors (Lipinski definition) is 3. The molecule has 1 heterocycles. The summed E-state index contributed by atoms with van der Waals surface area (Å²) in [5, 5.41) is 0. The van der Waals surface area contributed by atoms with Gasteiger partial charge in [-0.3, -0.25) is 11.3 Å². The molecule has 3 N–H and O–H groups in total. The van der Waals surface area contributed by atoms with Crippen LogP contribution in [0.1, 0.15) is 49.3 Å². The topological polar surface area (TPSA) is 47.3 Å². The first-order valence-corrected chi connectivity index (χ1v) is 7.50. The fourth-order valence-corrected chi connectivity index (χ4v) is 3.65. The van der Waals surface area contributed by atoms with Crippen molar-refractivity contribution in [3.8, 4) is 0 Å². The zero-order chi connectivity index (χ0) is 14.2. The fourth-order valence-electron chi connectivity index (χ4n) is 3.65. The van der Waals surface area contributed by atoms with Crippen LogP contribution in [0.2, 0.25) is 0 Å². The van der Waals surface area contributed by atoms with Gasteiger partial charge in [-0.1, -0.05) is 17.7 Å². The minimum atomic E-state index is -0.173. The highest BCUT2D eigenvalue weighted by molar-refractivity contribution is 5.27. The molecule has 1 aliphatic carbocycles. The molecule has 0 aromatic heterocycles. The van der Waals surface area contributed by atoms with Gasteiger partial charge in [0, 0.05) is 12.2 Å². The Balaban J connectivity index is 1.83. The number of benzene rings is 1. The molecule has 0 radical (unpaired) electrons. The van der Waals surface area contributed by atoms with Crippen LogP contribution in [0.15, 0.2) is 18.2 Å². The monoisotopic (exact) mass is 278 g/mol. The average Bonchev–Trinajstić information content (AvgIpc) is 2.42. The van der Waals surface area contributed by atoms with Crippen molar-refractivity contribution >= 4 is 0 Å². The maximum Gasteiger partial charge on any atom is 0.128 e. The van der Waals surface area contributed by atoms with Crippen molar-refractivity contribution in [3.63, 3.8) is 0 Å². The lowest BCUT2D eigenvalue weighted by atomic mass is 9.69. The van der Waals surface area contributed by atoms with Crippen molar-refractivity contribution in [3.05, 3.63) is 35.1 Å². The molecular weight excluding hydrogens is 255 g/mol. The molecule has 1 aliphatic heterocycles. The minimum Gasteiger partial charge on any atom is -0.375 e. The van der Waals surface area contributed by atoms with Gasteiger partial charge in [-0.05, 0) is 51.0 Å². The lowest BCUT2D eigenvalue weighted by Gasteiger charge is -2.48. The quantitative estimate of drug-likeness (QED) is 0.660. The predicted octanol–water partition coefficient (Wildman–Crippen LogP) is 2.99. The SMILES string of the molecule is Cc1ccc(F)c(C(NN)C2CCOC3(CCC3)C2)c1. The largest absolute Gasteiger partial charge is 0.375 e. The van der Waals surface area contributed by atoms with Gasteiger partial charge in [-0.25, -0.2) is 4.39 Å². The molecule has 2 atom stereocenters. The molecule has 2 fully saturated rings. The summed E-state index contributed by atoms with van der Waals surface area (Å²) in [6.07, 6.45) is 5.43. The normalized spacial score (nSPS) is 26.2. The summed E-state index contributed by atoms with van der Waals surface area (Å²) >= 11 is 0. The summed E-state index contributed by atoms with van der Waals surface area (Å²) in [5.74, 6) is 5.91. The summed E-state index contributed by atoms with van der Waals surface area (Å²) in [6, 6.07) is 5.11. The van der Waals surface area contributed by atoms with E-state index in [1.165, 1.54) is 12.5 Å². The van der Waals surface area contributed by atoms with Crippen LogP contribution in [0, 0.1) is 18.7 Å². The average molecular weight is 278 g/mol. The Hall–Kier alpha value is -0.970. The highest BCUT2D eigenvalue weighted by Crippen LogP contribution is 2.47. The van der Waals surface area contributed by atoms with Gasteiger partial charge < -0.3 is 4.74 Å². The molecule has 1 saturated carbocycles. The molecule has 0 amide bonds. The molecule has 1 saturated heterocycles. The maximum absolute atomic E-state index is 14.1. The number of aryl methyl sites for hydroxylation is 1. The first kappa shape index (κ1) is 14.0. The Kier molecular flexibility index (Phi) is 3.80. The van der Waals surface area contributed by atoms with Crippen molar-refractivity contribution in [2.45, 2.75) is 50.7 Å². The van der Waals surface area contributed by atoms with Crippen molar-refractivity contribution in [1.29, 1.82) is 0 Å². The van der Waals surface area contributed by atoms with Crippen LogP contribution in [0.4, 0.5) is 4.39 Å². The predicted molar refractivity (Wildman–Crippen MR) is 76.5 cm³/mol. The molecular formula is C16H23FN2O. The van der Waals surface area contributed by atoms with E-state index >= 15 is 0 Å². The Morgan fingerprint density at radius 3 is 2.90 bits per heavy atom. The molecule has 110 valence electrons. The van der Waals surface area contributed by atoms with E-state index in [1.54, 1.807) is 6.07 Å². The maximum atomic E-state index is 14.1. The summed E-state index contributed by atoms with van der Waals surface area (Å²) in [7, 11) is 0. The molecule has 1 spiro atoms. The summed E-state index contributed by atoms with van der Waals surface area (Å²) < 4.78 is 20.1. The van der Waals surface area contributed by atoms with Gasteiger partial charge >= 0.3 is 0 Å². The third kappa shape index (κ3) is 2.48. The van der Waals surface area contributed by atoms with Crippen molar-refractivity contribution in [2.24, 2.45) is 11.8 Å². The molecule has 3 nitrogen and oxygen atoms in total.